The summed E-state index contributed by atoms with van der Waals surface area (Å²) in [5.74, 6) is -1.08. The van der Waals surface area contributed by atoms with Crippen LogP contribution in [0.2, 0.25) is 0 Å². The number of carbonyl (C=O) groups excluding carboxylic acids is 2. The number of hydrogen-bond donors (Lipinski definition) is 1. The Morgan fingerprint density at radius 2 is 2.12 bits per heavy atom. The summed E-state index contributed by atoms with van der Waals surface area (Å²) < 4.78 is 4.82. The van der Waals surface area contributed by atoms with Crippen molar-refractivity contribution in [3.05, 3.63) is 68.4 Å². The largest absolute Gasteiger partial charge is 0.452 e. The van der Waals surface area contributed by atoms with E-state index in [1.54, 1.807) is 17.4 Å². The van der Waals surface area contributed by atoms with E-state index in [-0.39, 0.29) is 18.2 Å². The monoisotopic (exact) mass is 360 g/mol. The highest BCUT2D eigenvalue weighted by atomic mass is 32.1. The fourth-order valence-electron chi connectivity index (χ4n) is 1.92. The number of hydrogen-bond acceptors (Lipinski definition) is 6. The van der Waals surface area contributed by atoms with Gasteiger partial charge in [0.2, 0.25) is 0 Å². The Labute approximate surface area is 148 Å². The minimum absolute atomic E-state index is 0.0689. The number of nitro benzene ring substituents is 1. The first-order valence-corrected chi connectivity index (χ1v) is 8.31. The molecule has 0 aliphatic heterocycles. The summed E-state index contributed by atoms with van der Waals surface area (Å²) in [6.07, 6.45) is 3.24. The Bertz CT molecular complexity index is 771. The molecule has 1 amide bonds. The molecular weight excluding hydrogens is 344 g/mol. The van der Waals surface area contributed by atoms with Gasteiger partial charge in [-0.1, -0.05) is 18.2 Å². The molecule has 0 saturated carbocycles. The topological polar surface area (TPSA) is 98.5 Å². The number of non-ortho nitro benzene ring substituents is 1. The number of benzene rings is 1. The average molecular weight is 360 g/mol. The molecule has 2 rings (SSSR count). The lowest BCUT2D eigenvalue weighted by Gasteiger charge is -2.04. The van der Waals surface area contributed by atoms with Crippen molar-refractivity contribution in [1.82, 2.24) is 5.32 Å². The van der Waals surface area contributed by atoms with E-state index in [1.165, 1.54) is 24.3 Å². The van der Waals surface area contributed by atoms with Crippen molar-refractivity contribution < 1.29 is 19.2 Å². The van der Waals surface area contributed by atoms with Crippen LogP contribution in [0.3, 0.4) is 0 Å². The van der Waals surface area contributed by atoms with Gasteiger partial charge in [-0.3, -0.25) is 14.9 Å². The standard InChI is InChI=1S/C17H16N2O5S/c20-16(18-9-8-15-5-2-10-25-15)12-24-17(21)7-6-13-3-1-4-14(11-13)19(22)23/h1-7,10-11H,8-9,12H2,(H,18,20)/b7-6+. The summed E-state index contributed by atoms with van der Waals surface area (Å²) >= 11 is 1.61. The fraction of sp³-hybridized carbons (Fsp3) is 0.176. The third-order valence-corrected chi connectivity index (χ3v) is 4.05. The number of nitrogens with one attached hydrogen (secondary N) is 1. The molecule has 0 bridgehead atoms. The molecule has 2 aromatic rings. The van der Waals surface area contributed by atoms with Crippen LogP contribution in [-0.4, -0.2) is 30.0 Å². The zero-order valence-electron chi connectivity index (χ0n) is 13.2. The summed E-state index contributed by atoms with van der Waals surface area (Å²) in [4.78, 5) is 34.5. The summed E-state index contributed by atoms with van der Waals surface area (Å²) in [5, 5.41) is 15.3. The van der Waals surface area contributed by atoms with Gasteiger partial charge in [0, 0.05) is 29.6 Å². The van der Waals surface area contributed by atoms with Crippen LogP contribution in [0.15, 0.2) is 47.9 Å². The van der Waals surface area contributed by atoms with Crippen LogP contribution >= 0.6 is 11.3 Å². The maximum absolute atomic E-state index is 11.6. The minimum Gasteiger partial charge on any atom is -0.452 e. The predicted molar refractivity (Wildman–Crippen MR) is 94.1 cm³/mol. The Morgan fingerprint density at radius 1 is 1.28 bits per heavy atom. The van der Waals surface area contributed by atoms with Crippen LogP contribution < -0.4 is 5.32 Å². The van der Waals surface area contributed by atoms with Gasteiger partial charge in [0.1, 0.15) is 0 Å². The fourth-order valence-corrected chi connectivity index (χ4v) is 2.63. The van der Waals surface area contributed by atoms with E-state index in [0.717, 1.165) is 17.4 Å². The van der Waals surface area contributed by atoms with Gasteiger partial charge in [-0.25, -0.2) is 4.79 Å². The third kappa shape index (κ3) is 6.56. The highest BCUT2D eigenvalue weighted by Gasteiger charge is 2.06. The number of amides is 1. The Kier molecular flexibility index (Phi) is 6.85. The summed E-state index contributed by atoms with van der Waals surface area (Å²) in [5.41, 5.74) is 0.423. The summed E-state index contributed by atoms with van der Waals surface area (Å²) in [7, 11) is 0. The highest BCUT2D eigenvalue weighted by Crippen LogP contribution is 2.14. The van der Waals surface area contributed by atoms with Gasteiger partial charge >= 0.3 is 5.97 Å². The predicted octanol–water partition coefficient (Wildman–Crippen LogP) is 2.57. The molecule has 1 aromatic carbocycles. The molecule has 0 radical (unpaired) electrons. The molecule has 8 heteroatoms. The molecule has 7 nitrogen and oxygen atoms in total. The van der Waals surface area contributed by atoms with Crippen molar-refractivity contribution in [2.45, 2.75) is 6.42 Å². The second-order valence-electron chi connectivity index (χ2n) is 4.97. The van der Waals surface area contributed by atoms with Gasteiger partial charge in [-0.05, 0) is 29.5 Å². The quantitative estimate of drug-likeness (QED) is 0.338. The molecule has 130 valence electrons. The molecule has 1 heterocycles. The molecule has 0 aliphatic carbocycles. The molecule has 1 aromatic heterocycles. The normalized spacial score (nSPS) is 10.6. The van der Waals surface area contributed by atoms with Crippen molar-refractivity contribution in [1.29, 1.82) is 0 Å². The number of thiophene rings is 1. The molecule has 0 atom stereocenters. The van der Waals surface area contributed by atoms with Crippen LogP contribution in [0.4, 0.5) is 5.69 Å². The van der Waals surface area contributed by atoms with Crippen molar-refractivity contribution in [3.63, 3.8) is 0 Å². The zero-order chi connectivity index (χ0) is 18.1. The lowest BCUT2D eigenvalue weighted by atomic mass is 10.2. The van der Waals surface area contributed by atoms with Gasteiger partial charge in [0.25, 0.3) is 11.6 Å². The second-order valence-corrected chi connectivity index (χ2v) is 6.00. The van der Waals surface area contributed by atoms with E-state index >= 15 is 0 Å². The number of carbonyl (C=O) groups is 2. The molecule has 0 spiro atoms. The van der Waals surface area contributed by atoms with Crippen molar-refractivity contribution in [2.75, 3.05) is 13.2 Å². The number of rotatable bonds is 8. The van der Waals surface area contributed by atoms with Crippen LogP contribution in [0.25, 0.3) is 6.08 Å². The first kappa shape index (κ1) is 18.3. The first-order chi connectivity index (χ1) is 12.0. The molecule has 0 aliphatic rings. The number of nitro groups is 1. The smallest absolute Gasteiger partial charge is 0.331 e. The molecule has 0 saturated heterocycles. The van der Waals surface area contributed by atoms with Crippen molar-refractivity contribution >= 4 is 35.0 Å². The van der Waals surface area contributed by atoms with Gasteiger partial charge in [0.15, 0.2) is 6.61 Å². The molecule has 0 fully saturated rings. The van der Waals surface area contributed by atoms with Crippen LogP contribution in [0.1, 0.15) is 10.4 Å². The Balaban J connectivity index is 1.71. The van der Waals surface area contributed by atoms with Gasteiger partial charge in [0.05, 0.1) is 4.92 Å². The number of ether oxygens (including phenoxy) is 1. The summed E-state index contributed by atoms with van der Waals surface area (Å²) in [6, 6.07) is 9.75. The average Bonchev–Trinajstić information content (AvgIpc) is 3.12. The SMILES string of the molecule is O=C(COC(=O)/C=C/c1cccc([N+](=O)[O-])c1)NCCc1cccs1. The minimum atomic E-state index is -0.695. The Morgan fingerprint density at radius 3 is 2.84 bits per heavy atom. The van der Waals surface area contributed by atoms with E-state index in [9.17, 15) is 19.7 Å². The highest BCUT2D eigenvalue weighted by molar-refractivity contribution is 7.09. The van der Waals surface area contributed by atoms with Crippen LogP contribution in [0.5, 0.6) is 0 Å². The van der Waals surface area contributed by atoms with Gasteiger partial charge in [-0.2, -0.15) is 0 Å². The molecule has 0 unspecified atom stereocenters. The number of esters is 1. The van der Waals surface area contributed by atoms with E-state index < -0.39 is 10.9 Å². The van der Waals surface area contributed by atoms with Crippen LogP contribution in [0, 0.1) is 10.1 Å². The first-order valence-electron chi connectivity index (χ1n) is 7.43. The number of nitrogens with zero attached hydrogens (tertiary/aromatic N) is 1. The molecule has 25 heavy (non-hydrogen) atoms. The van der Waals surface area contributed by atoms with Crippen LogP contribution in [-0.2, 0) is 20.7 Å². The molecular formula is C17H16N2O5S. The van der Waals surface area contributed by atoms with Crippen molar-refractivity contribution in [2.24, 2.45) is 0 Å². The summed E-state index contributed by atoms with van der Waals surface area (Å²) in [6.45, 7) is 0.100. The van der Waals surface area contributed by atoms with E-state index in [0.29, 0.717) is 12.1 Å². The maximum atomic E-state index is 11.6. The van der Waals surface area contributed by atoms with Gasteiger partial charge in [-0.15, -0.1) is 11.3 Å². The van der Waals surface area contributed by atoms with E-state index in [2.05, 4.69) is 5.32 Å². The van der Waals surface area contributed by atoms with E-state index in [1.807, 2.05) is 17.5 Å². The second kappa shape index (κ2) is 9.33. The van der Waals surface area contributed by atoms with E-state index in [4.69, 9.17) is 4.74 Å². The third-order valence-electron chi connectivity index (χ3n) is 3.11. The molecule has 1 N–H and O–H groups in total. The Hall–Kier alpha value is -3.00. The lowest BCUT2D eigenvalue weighted by molar-refractivity contribution is -0.384. The maximum Gasteiger partial charge on any atom is 0.331 e. The lowest BCUT2D eigenvalue weighted by Crippen LogP contribution is -2.30. The van der Waals surface area contributed by atoms with Gasteiger partial charge < -0.3 is 10.1 Å². The zero-order valence-corrected chi connectivity index (χ0v) is 14.0. The van der Waals surface area contributed by atoms with Crippen molar-refractivity contribution in [3.8, 4) is 0 Å².